The van der Waals surface area contributed by atoms with Gasteiger partial charge in [0.2, 0.25) is 5.71 Å². The molecule has 0 radical (unpaired) electrons. The van der Waals surface area contributed by atoms with Gasteiger partial charge in [-0.1, -0.05) is 0 Å². The molecule has 0 saturated heterocycles. The zero-order valence-corrected chi connectivity index (χ0v) is 12.6. The van der Waals surface area contributed by atoms with Crippen molar-refractivity contribution in [2.45, 2.75) is 13.8 Å². The van der Waals surface area contributed by atoms with E-state index < -0.39 is 0 Å². The summed E-state index contributed by atoms with van der Waals surface area (Å²) in [6.45, 7) is 4.56. The minimum absolute atomic E-state index is 0.0395. The highest BCUT2D eigenvalue weighted by atomic mass is 16.3. The summed E-state index contributed by atoms with van der Waals surface area (Å²) in [5.41, 5.74) is 3.71. The van der Waals surface area contributed by atoms with Crippen LogP contribution < -0.4 is 4.90 Å². The lowest BCUT2D eigenvalue weighted by Crippen LogP contribution is -2.30. The molecule has 0 saturated carbocycles. The highest BCUT2D eigenvalue weighted by Crippen LogP contribution is 2.32. The van der Waals surface area contributed by atoms with Gasteiger partial charge in [0, 0.05) is 18.8 Å². The topological polar surface area (TPSA) is 95.5 Å². The molecule has 0 aliphatic carbocycles. The molecule has 0 aliphatic rings. The number of fused-ring (bicyclic) bond motifs is 3. The summed E-state index contributed by atoms with van der Waals surface area (Å²) in [6.07, 6.45) is 1.46. The van der Waals surface area contributed by atoms with E-state index >= 15 is 0 Å². The molecule has 0 unspecified atom stereocenters. The summed E-state index contributed by atoms with van der Waals surface area (Å²) in [4.78, 5) is 14.8. The summed E-state index contributed by atoms with van der Waals surface area (Å²) in [7, 11) is 0. The molecule has 0 aliphatic heterocycles. The fraction of sp³-hybridized carbons (Fsp3) is 0.400. The molecule has 3 rings (SSSR count). The van der Waals surface area contributed by atoms with Crippen molar-refractivity contribution in [3.05, 3.63) is 23.7 Å². The first-order valence-corrected chi connectivity index (χ1v) is 7.13. The number of nitrogens with zero attached hydrogens (tertiary/aromatic N) is 4. The summed E-state index contributed by atoms with van der Waals surface area (Å²) in [5, 5.41) is 19.2. The molecule has 0 amide bonds. The second-order valence-corrected chi connectivity index (χ2v) is 5.15. The van der Waals surface area contributed by atoms with E-state index in [2.05, 4.69) is 15.0 Å². The Hall–Kier alpha value is -2.25. The van der Waals surface area contributed by atoms with Crippen molar-refractivity contribution >= 4 is 28.0 Å². The third kappa shape index (κ3) is 2.38. The Morgan fingerprint density at radius 2 is 1.86 bits per heavy atom. The largest absolute Gasteiger partial charge is 0.432 e. The number of aromatic nitrogens is 3. The minimum atomic E-state index is -0.0395. The number of hydrogen-bond donors (Lipinski definition) is 2. The number of furan rings is 1. The molecule has 3 aromatic heterocycles. The molecule has 3 heterocycles. The van der Waals surface area contributed by atoms with Crippen LogP contribution in [0.15, 0.2) is 16.8 Å². The lowest BCUT2D eigenvalue weighted by atomic mass is 10.2. The molecular formula is C15H18N4O3. The fourth-order valence-corrected chi connectivity index (χ4v) is 2.47. The van der Waals surface area contributed by atoms with Gasteiger partial charge in [-0.3, -0.25) is 0 Å². The maximum atomic E-state index is 9.20. The summed E-state index contributed by atoms with van der Waals surface area (Å²) >= 11 is 0. The van der Waals surface area contributed by atoms with E-state index in [0.717, 1.165) is 16.6 Å². The number of aliphatic hydroxyl groups is 2. The second-order valence-electron chi connectivity index (χ2n) is 5.15. The van der Waals surface area contributed by atoms with Crippen LogP contribution >= 0.6 is 0 Å². The monoisotopic (exact) mass is 302 g/mol. The number of rotatable bonds is 5. The molecular weight excluding hydrogens is 284 g/mol. The van der Waals surface area contributed by atoms with Gasteiger partial charge in [-0.2, -0.15) is 0 Å². The van der Waals surface area contributed by atoms with Crippen LogP contribution in [0.25, 0.3) is 22.2 Å². The Bertz CT molecular complexity index is 809. The van der Waals surface area contributed by atoms with Crippen LogP contribution in [0.1, 0.15) is 11.3 Å². The Morgan fingerprint density at radius 1 is 1.14 bits per heavy atom. The fourth-order valence-electron chi connectivity index (χ4n) is 2.47. The van der Waals surface area contributed by atoms with Crippen molar-refractivity contribution in [2.24, 2.45) is 0 Å². The van der Waals surface area contributed by atoms with Gasteiger partial charge in [0.15, 0.2) is 11.4 Å². The van der Waals surface area contributed by atoms with Crippen LogP contribution in [-0.4, -0.2) is 51.5 Å². The van der Waals surface area contributed by atoms with Gasteiger partial charge in [0.25, 0.3) is 0 Å². The molecule has 0 spiro atoms. The van der Waals surface area contributed by atoms with E-state index in [9.17, 15) is 10.2 Å². The first-order chi connectivity index (χ1) is 10.7. The average Bonchev–Trinajstić information content (AvgIpc) is 2.85. The first kappa shape index (κ1) is 14.7. The number of hydrogen-bond acceptors (Lipinski definition) is 7. The lowest BCUT2D eigenvalue weighted by molar-refractivity contribution is 0.280. The van der Waals surface area contributed by atoms with E-state index in [4.69, 9.17) is 4.42 Å². The van der Waals surface area contributed by atoms with Gasteiger partial charge in [0.05, 0.1) is 18.6 Å². The van der Waals surface area contributed by atoms with Crippen LogP contribution in [0.2, 0.25) is 0 Å². The van der Waals surface area contributed by atoms with Gasteiger partial charge in [-0.05, 0) is 25.5 Å². The Morgan fingerprint density at radius 3 is 2.55 bits per heavy atom. The van der Waals surface area contributed by atoms with Gasteiger partial charge in [0.1, 0.15) is 11.8 Å². The van der Waals surface area contributed by atoms with Crippen molar-refractivity contribution in [1.29, 1.82) is 0 Å². The van der Waals surface area contributed by atoms with Crippen molar-refractivity contribution in [3.8, 4) is 0 Å². The summed E-state index contributed by atoms with van der Waals surface area (Å²) in [6, 6.07) is 2.00. The van der Waals surface area contributed by atoms with Crippen molar-refractivity contribution < 1.29 is 14.6 Å². The number of anilines is 1. The lowest BCUT2D eigenvalue weighted by Gasteiger charge is -2.21. The zero-order valence-electron chi connectivity index (χ0n) is 12.6. The minimum Gasteiger partial charge on any atom is -0.432 e. The molecule has 116 valence electrons. The average molecular weight is 302 g/mol. The molecule has 7 heteroatoms. The molecule has 0 fully saturated rings. The summed E-state index contributed by atoms with van der Waals surface area (Å²) in [5.74, 6) is 0.557. The highest BCUT2D eigenvalue weighted by Gasteiger charge is 2.19. The van der Waals surface area contributed by atoms with E-state index in [-0.39, 0.29) is 13.2 Å². The standard InChI is InChI=1S/C15H18N4O3/c1-9-7-11-12-13(22-15(11)18-10(9)2)14(17-8-16-12)19(3-5-20)4-6-21/h7-8,20-21H,3-6H2,1-2H3. The van der Waals surface area contributed by atoms with Crippen LogP contribution in [0, 0.1) is 13.8 Å². The van der Waals surface area contributed by atoms with Crippen LogP contribution in [-0.2, 0) is 0 Å². The number of aryl methyl sites for hydroxylation is 2. The van der Waals surface area contributed by atoms with E-state index in [1.54, 1.807) is 4.90 Å². The van der Waals surface area contributed by atoms with E-state index in [1.807, 2.05) is 19.9 Å². The quantitative estimate of drug-likeness (QED) is 0.730. The van der Waals surface area contributed by atoms with Crippen molar-refractivity contribution in [3.63, 3.8) is 0 Å². The molecule has 3 aromatic rings. The first-order valence-electron chi connectivity index (χ1n) is 7.13. The van der Waals surface area contributed by atoms with Crippen LogP contribution in [0.3, 0.4) is 0 Å². The third-order valence-electron chi connectivity index (χ3n) is 3.71. The van der Waals surface area contributed by atoms with E-state index in [1.165, 1.54) is 6.33 Å². The predicted molar refractivity (Wildman–Crippen MR) is 83.0 cm³/mol. The molecule has 22 heavy (non-hydrogen) atoms. The van der Waals surface area contributed by atoms with Gasteiger partial charge >= 0.3 is 0 Å². The molecule has 0 atom stereocenters. The van der Waals surface area contributed by atoms with Crippen LogP contribution in [0.4, 0.5) is 5.82 Å². The maximum Gasteiger partial charge on any atom is 0.229 e. The maximum absolute atomic E-state index is 9.20. The number of pyridine rings is 1. The predicted octanol–water partition coefficient (Wildman–Crippen LogP) is 1.18. The summed E-state index contributed by atoms with van der Waals surface area (Å²) < 4.78 is 5.85. The van der Waals surface area contributed by atoms with E-state index in [0.29, 0.717) is 35.7 Å². The van der Waals surface area contributed by atoms with Gasteiger partial charge < -0.3 is 19.5 Å². The second kappa shape index (κ2) is 5.86. The Balaban J connectivity index is 2.23. The molecule has 0 aromatic carbocycles. The molecule has 0 bridgehead atoms. The number of aliphatic hydroxyl groups excluding tert-OH is 2. The molecule has 2 N–H and O–H groups in total. The normalized spacial score (nSPS) is 11.5. The highest BCUT2D eigenvalue weighted by molar-refractivity contribution is 6.04. The van der Waals surface area contributed by atoms with Crippen molar-refractivity contribution in [1.82, 2.24) is 15.0 Å². The molecule has 7 nitrogen and oxygen atoms in total. The SMILES string of the molecule is Cc1cc2c(nc1C)oc1c(N(CCO)CCO)ncnc12. The van der Waals surface area contributed by atoms with Gasteiger partial charge in [-0.25, -0.2) is 15.0 Å². The Labute approximate surface area is 127 Å². The zero-order chi connectivity index (χ0) is 15.7. The smallest absolute Gasteiger partial charge is 0.229 e. The van der Waals surface area contributed by atoms with Gasteiger partial charge in [-0.15, -0.1) is 0 Å². The third-order valence-corrected chi connectivity index (χ3v) is 3.71. The Kier molecular flexibility index (Phi) is 3.91. The van der Waals surface area contributed by atoms with Crippen molar-refractivity contribution in [2.75, 3.05) is 31.2 Å². The van der Waals surface area contributed by atoms with Crippen LogP contribution in [0.5, 0.6) is 0 Å².